The molecule has 1 heterocycles. The van der Waals surface area contributed by atoms with E-state index in [0.717, 1.165) is 21.0 Å². The van der Waals surface area contributed by atoms with E-state index in [1.165, 1.54) is 29.6 Å². The molecule has 0 radical (unpaired) electrons. The van der Waals surface area contributed by atoms with Crippen molar-refractivity contribution in [2.75, 3.05) is 32.2 Å². The van der Waals surface area contributed by atoms with Crippen molar-refractivity contribution >= 4 is 40.8 Å². The zero-order valence-electron chi connectivity index (χ0n) is 23.1. The van der Waals surface area contributed by atoms with Crippen LogP contribution in [0.15, 0.2) is 83.6 Å². The minimum absolute atomic E-state index is 0.0239. The molecule has 7 nitrogen and oxygen atoms in total. The molecule has 0 aliphatic heterocycles. The summed E-state index contributed by atoms with van der Waals surface area (Å²) in [5.41, 5.74) is 0.535. The van der Waals surface area contributed by atoms with Crippen LogP contribution in [0.1, 0.15) is 20.9 Å². The molecule has 1 aromatic heterocycles. The number of ether oxygens (including phenoxy) is 2. The molecule has 0 aliphatic carbocycles. The quantitative estimate of drug-likeness (QED) is 0.140. The van der Waals surface area contributed by atoms with E-state index in [0.29, 0.717) is 17.9 Å². The predicted octanol–water partition coefficient (Wildman–Crippen LogP) is 7.18. The molecule has 0 bridgehead atoms. The van der Waals surface area contributed by atoms with Crippen LogP contribution < -0.4 is 9.64 Å². The Morgan fingerprint density at radius 1 is 0.953 bits per heavy atom. The Bertz CT molecular complexity index is 1670. The monoisotopic (exact) mass is 602 g/mol. The average molecular weight is 603 g/mol. The molecule has 0 atom stereocenters. The first-order valence-electron chi connectivity index (χ1n) is 12.6. The van der Waals surface area contributed by atoms with Gasteiger partial charge < -0.3 is 19.5 Å². The number of nitrogens with zero attached hydrogens (tertiary/aromatic N) is 4. The van der Waals surface area contributed by atoms with Gasteiger partial charge in [0, 0.05) is 46.2 Å². The van der Waals surface area contributed by atoms with Crippen LogP contribution in [-0.2, 0) is 4.74 Å². The number of hydrogen-bond donors (Lipinski definition) is 1. The Morgan fingerprint density at radius 3 is 2.21 bits per heavy atom. The highest BCUT2D eigenvalue weighted by molar-refractivity contribution is 7.13. The van der Waals surface area contributed by atoms with Crippen LogP contribution in [0.3, 0.4) is 0 Å². The largest absolute Gasteiger partial charge is 0.573 e. The Hall–Kier alpha value is -5.28. The van der Waals surface area contributed by atoms with E-state index in [1.54, 1.807) is 55.7 Å². The SMILES string of the molecule is COc1cc(N(C)CCO)ccc1/C=C/c1ccc(/C=C/C(=C(\C#N)C(OC(F)(F)F)=C(C#N)C#N)c2ccccc2)s1. The van der Waals surface area contributed by atoms with Crippen LogP contribution in [0.25, 0.3) is 23.8 Å². The predicted molar refractivity (Wildman–Crippen MR) is 160 cm³/mol. The fraction of sp³-hybridized carbons (Fsp3) is 0.156. The van der Waals surface area contributed by atoms with Crippen molar-refractivity contribution in [3.8, 4) is 24.0 Å². The fourth-order valence-electron chi connectivity index (χ4n) is 3.88. The van der Waals surface area contributed by atoms with Crippen molar-refractivity contribution in [2.24, 2.45) is 0 Å². The first-order valence-corrected chi connectivity index (χ1v) is 13.4. The minimum atomic E-state index is -5.24. The summed E-state index contributed by atoms with van der Waals surface area (Å²) in [7, 11) is 3.44. The standard InChI is InChI=1S/C32H25F3N4O3S/c1-39(16-17-40)25-10-8-23(30(18-25)41-2)9-11-26-12-13-27(43-26)14-15-28(22-6-4-3-5-7-22)29(21-38)31(24(19-36)20-37)42-32(33,34)35/h3-15,18,40H,16-17H2,1-2H3/b11-9+,15-14+,29-28-. The topological polar surface area (TPSA) is 113 Å². The fourth-order valence-corrected chi connectivity index (χ4v) is 4.70. The molecule has 0 unspecified atom stereocenters. The van der Waals surface area contributed by atoms with Crippen molar-refractivity contribution in [3.63, 3.8) is 0 Å². The van der Waals surface area contributed by atoms with Crippen molar-refractivity contribution in [2.45, 2.75) is 6.36 Å². The average Bonchev–Trinajstić information content (AvgIpc) is 3.46. The van der Waals surface area contributed by atoms with E-state index in [4.69, 9.17) is 4.74 Å². The van der Waals surface area contributed by atoms with Crippen molar-refractivity contribution in [1.29, 1.82) is 15.8 Å². The molecule has 218 valence electrons. The third kappa shape index (κ3) is 8.85. The number of nitriles is 3. The molecule has 2 aromatic carbocycles. The Balaban J connectivity index is 2.00. The van der Waals surface area contributed by atoms with E-state index in [9.17, 15) is 34.1 Å². The number of thiophene rings is 1. The molecule has 0 spiro atoms. The molecule has 0 fully saturated rings. The zero-order valence-corrected chi connectivity index (χ0v) is 23.9. The summed E-state index contributed by atoms with van der Waals surface area (Å²) < 4.78 is 49.2. The lowest BCUT2D eigenvalue weighted by atomic mass is 9.97. The number of halogens is 3. The maximum atomic E-state index is 13.2. The summed E-state index contributed by atoms with van der Waals surface area (Å²) in [5, 5.41) is 37.6. The van der Waals surface area contributed by atoms with Gasteiger partial charge in [0.2, 0.25) is 0 Å². The molecule has 0 amide bonds. The van der Waals surface area contributed by atoms with Gasteiger partial charge in [0.15, 0.2) is 11.3 Å². The third-order valence-corrected chi connectivity index (χ3v) is 6.96. The number of anilines is 1. The van der Waals surface area contributed by atoms with Crippen molar-refractivity contribution < 1.29 is 27.8 Å². The molecule has 3 aromatic rings. The van der Waals surface area contributed by atoms with Gasteiger partial charge in [-0.3, -0.25) is 0 Å². The summed E-state index contributed by atoms with van der Waals surface area (Å²) in [6.07, 6.45) is 1.60. The van der Waals surface area contributed by atoms with Gasteiger partial charge >= 0.3 is 6.36 Å². The van der Waals surface area contributed by atoms with Crippen molar-refractivity contribution in [1.82, 2.24) is 0 Å². The summed E-state index contributed by atoms with van der Waals surface area (Å²) in [6.45, 7) is 0.502. The molecule has 43 heavy (non-hydrogen) atoms. The molecule has 0 saturated heterocycles. The number of benzene rings is 2. The summed E-state index contributed by atoms with van der Waals surface area (Å²) in [6, 6.07) is 22.0. The Labute approximate surface area is 251 Å². The highest BCUT2D eigenvalue weighted by Gasteiger charge is 2.35. The van der Waals surface area contributed by atoms with Gasteiger partial charge in [-0.15, -0.1) is 24.5 Å². The number of rotatable bonds is 11. The normalized spacial score (nSPS) is 11.8. The van der Waals surface area contributed by atoms with Crippen LogP contribution >= 0.6 is 11.3 Å². The molecule has 3 rings (SSSR count). The van der Waals surface area contributed by atoms with Crippen molar-refractivity contribution in [3.05, 3.63) is 105 Å². The highest BCUT2D eigenvalue weighted by atomic mass is 32.1. The highest BCUT2D eigenvalue weighted by Crippen LogP contribution is 2.33. The number of aliphatic hydroxyl groups excluding tert-OH is 1. The van der Waals surface area contributed by atoms with E-state index in [2.05, 4.69) is 4.74 Å². The van der Waals surface area contributed by atoms with Crippen LogP contribution in [0.4, 0.5) is 18.9 Å². The maximum Gasteiger partial charge on any atom is 0.573 e. The number of alkyl halides is 3. The lowest BCUT2D eigenvalue weighted by Gasteiger charge is -2.19. The van der Waals surface area contributed by atoms with E-state index in [-0.39, 0.29) is 12.2 Å². The third-order valence-electron chi connectivity index (χ3n) is 5.94. The van der Waals surface area contributed by atoms with Gasteiger partial charge in [-0.05, 0) is 48.1 Å². The summed E-state index contributed by atoms with van der Waals surface area (Å²) in [4.78, 5) is 3.49. The minimum Gasteiger partial charge on any atom is -0.496 e. The first kappa shape index (κ1) is 32.2. The molecule has 1 N–H and O–H groups in total. The number of hydrogen-bond acceptors (Lipinski definition) is 8. The maximum absolute atomic E-state index is 13.2. The smallest absolute Gasteiger partial charge is 0.496 e. The van der Waals surface area contributed by atoms with E-state index in [1.807, 2.05) is 48.4 Å². The number of methoxy groups -OCH3 is 1. The van der Waals surface area contributed by atoms with Gasteiger partial charge in [-0.2, -0.15) is 15.8 Å². The summed E-state index contributed by atoms with van der Waals surface area (Å²) >= 11 is 1.39. The molecule has 0 aliphatic rings. The van der Waals surface area contributed by atoms with E-state index >= 15 is 0 Å². The van der Waals surface area contributed by atoms with E-state index < -0.39 is 23.3 Å². The van der Waals surface area contributed by atoms with Crippen LogP contribution in [-0.4, -0.2) is 38.8 Å². The lowest BCUT2D eigenvalue weighted by molar-refractivity contribution is -0.303. The Kier molecular flexibility index (Phi) is 11.3. The number of aliphatic hydroxyl groups is 1. The summed E-state index contributed by atoms with van der Waals surface area (Å²) in [5.74, 6) is -0.517. The molecular formula is C32H25F3N4O3S. The van der Waals surface area contributed by atoms with Crippen LogP contribution in [0.5, 0.6) is 5.75 Å². The van der Waals surface area contributed by atoms with Crippen LogP contribution in [0, 0.1) is 34.0 Å². The van der Waals surface area contributed by atoms with Gasteiger partial charge in [0.25, 0.3) is 0 Å². The Morgan fingerprint density at radius 2 is 1.63 bits per heavy atom. The molecule has 0 saturated carbocycles. The number of allylic oxidation sites excluding steroid dienone is 4. The van der Waals surface area contributed by atoms with Gasteiger partial charge in [0.1, 0.15) is 29.5 Å². The van der Waals surface area contributed by atoms with Crippen LogP contribution in [0.2, 0.25) is 0 Å². The molecular weight excluding hydrogens is 577 g/mol. The second kappa shape index (κ2) is 15.1. The zero-order chi connectivity index (χ0) is 31.4. The van der Waals surface area contributed by atoms with Gasteiger partial charge in [0.05, 0.1) is 13.7 Å². The first-order chi connectivity index (χ1) is 20.6. The van der Waals surface area contributed by atoms with Gasteiger partial charge in [-0.1, -0.05) is 36.4 Å². The van der Waals surface area contributed by atoms with Gasteiger partial charge in [-0.25, -0.2) is 0 Å². The number of likely N-dealkylation sites (N-methyl/N-ethyl adjacent to an activating group) is 1. The second-order valence-corrected chi connectivity index (χ2v) is 9.87. The molecule has 11 heteroatoms. The lowest BCUT2D eigenvalue weighted by Crippen LogP contribution is -2.21. The second-order valence-electron chi connectivity index (χ2n) is 8.72.